The monoisotopic (exact) mass is 1020 g/mol. The first-order chi connectivity index (χ1) is 35.6. The van der Waals surface area contributed by atoms with Gasteiger partial charge in [0.15, 0.2) is 24.6 Å². The van der Waals surface area contributed by atoms with Gasteiger partial charge >= 0.3 is 23.9 Å². The van der Waals surface area contributed by atoms with Crippen molar-refractivity contribution in [3.8, 4) is 0 Å². The molecule has 1 heterocycles. The topological polar surface area (TPSA) is 175 Å². The Bertz CT molecular complexity index is 1640. The minimum absolute atomic E-state index is 0.0508. The Balaban J connectivity index is 2.76. The molecule has 0 spiro atoms. The van der Waals surface area contributed by atoms with Gasteiger partial charge in [0, 0.05) is 19.3 Å². The van der Waals surface area contributed by atoms with E-state index in [1.165, 1.54) is 38.5 Å². The zero-order chi connectivity index (χ0) is 53.3. The molecule has 0 radical (unpaired) electrons. The molecule has 12 heteroatoms. The van der Waals surface area contributed by atoms with Crippen LogP contribution in [-0.2, 0) is 42.9 Å². The van der Waals surface area contributed by atoms with Crippen molar-refractivity contribution in [2.75, 3.05) is 13.2 Å². The van der Waals surface area contributed by atoms with Gasteiger partial charge in [0.2, 0.25) is 0 Å². The highest BCUT2D eigenvalue weighted by Gasteiger charge is 2.50. The number of unbranched alkanes of at least 4 members (excludes halogenated alkanes) is 16. The summed E-state index contributed by atoms with van der Waals surface area (Å²) in [7, 11) is 0. The van der Waals surface area contributed by atoms with E-state index in [0.29, 0.717) is 19.3 Å². The van der Waals surface area contributed by atoms with Crippen LogP contribution in [0.3, 0.4) is 0 Å². The molecular formula is C61H98O12. The van der Waals surface area contributed by atoms with Crippen molar-refractivity contribution < 1.29 is 58.2 Å². The number of carboxylic acids is 1. The maximum absolute atomic E-state index is 13.1. The molecule has 0 aromatic rings. The zero-order valence-electron chi connectivity index (χ0n) is 45.3. The lowest BCUT2D eigenvalue weighted by molar-refractivity contribution is -0.301. The van der Waals surface area contributed by atoms with E-state index >= 15 is 0 Å². The number of hydrogen-bond acceptors (Lipinski definition) is 11. The summed E-state index contributed by atoms with van der Waals surface area (Å²) in [6.45, 7) is 5.68. The highest BCUT2D eigenvalue weighted by molar-refractivity contribution is 5.74. The Labute approximate surface area is 441 Å². The smallest absolute Gasteiger partial charge is 0.335 e. The summed E-state index contributed by atoms with van der Waals surface area (Å²) in [4.78, 5) is 51.0. The molecule has 0 bridgehead atoms. The molecule has 414 valence electrons. The summed E-state index contributed by atoms with van der Waals surface area (Å²) in [5, 5.41) is 31.4. The Morgan fingerprint density at radius 2 is 0.863 bits per heavy atom. The van der Waals surface area contributed by atoms with Gasteiger partial charge in [0.1, 0.15) is 18.8 Å². The largest absolute Gasteiger partial charge is 0.479 e. The molecule has 0 aliphatic carbocycles. The number of hydrogen-bond donors (Lipinski definition) is 3. The van der Waals surface area contributed by atoms with Crippen LogP contribution in [0.15, 0.2) is 97.2 Å². The lowest BCUT2D eigenvalue weighted by Crippen LogP contribution is -2.61. The van der Waals surface area contributed by atoms with E-state index in [-0.39, 0.29) is 25.9 Å². The van der Waals surface area contributed by atoms with E-state index in [2.05, 4.69) is 118 Å². The third-order valence-electron chi connectivity index (χ3n) is 12.2. The first-order valence-corrected chi connectivity index (χ1v) is 28.2. The molecule has 6 atom stereocenters. The Kier molecular flexibility index (Phi) is 44.4. The van der Waals surface area contributed by atoms with Crippen molar-refractivity contribution in [1.82, 2.24) is 0 Å². The molecule has 1 aliphatic heterocycles. The van der Waals surface area contributed by atoms with Crippen LogP contribution >= 0.6 is 0 Å². The number of carbonyl (C=O) groups excluding carboxylic acids is 3. The van der Waals surface area contributed by atoms with Gasteiger partial charge in [0.05, 0.1) is 6.61 Å². The van der Waals surface area contributed by atoms with Crippen molar-refractivity contribution in [2.45, 2.75) is 250 Å². The Morgan fingerprint density at radius 1 is 0.466 bits per heavy atom. The zero-order valence-corrected chi connectivity index (χ0v) is 45.3. The maximum atomic E-state index is 13.1. The number of aliphatic carboxylic acids is 1. The van der Waals surface area contributed by atoms with E-state index in [0.717, 1.165) is 116 Å². The van der Waals surface area contributed by atoms with Crippen LogP contribution in [0.5, 0.6) is 0 Å². The van der Waals surface area contributed by atoms with Gasteiger partial charge in [-0.25, -0.2) is 4.79 Å². The van der Waals surface area contributed by atoms with Gasteiger partial charge in [-0.3, -0.25) is 14.4 Å². The van der Waals surface area contributed by atoms with E-state index in [1.54, 1.807) is 0 Å². The average molecular weight is 1020 g/mol. The summed E-state index contributed by atoms with van der Waals surface area (Å²) in [6, 6.07) is 0. The Hall–Kier alpha value is -4.36. The van der Waals surface area contributed by atoms with Crippen LogP contribution in [0.4, 0.5) is 0 Å². The van der Waals surface area contributed by atoms with E-state index in [4.69, 9.17) is 23.7 Å². The van der Waals surface area contributed by atoms with Gasteiger partial charge in [0.25, 0.3) is 0 Å². The molecule has 0 saturated carbocycles. The molecular weight excluding hydrogens is 925 g/mol. The van der Waals surface area contributed by atoms with E-state index in [1.807, 2.05) is 0 Å². The summed E-state index contributed by atoms with van der Waals surface area (Å²) in [5.41, 5.74) is 0. The fourth-order valence-corrected chi connectivity index (χ4v) is 7.88. The summed E-state index contributed by atoms with van der Waals surface area (Å²) in [6.07, 6.45) is 51.0. The second-order valence-corrected chi connectivity index (χ2v) is 18.8. The van der Waals surface area contributed by atoms with Crippen LogP contribution in [0.1, 0.15) is 213 Å². The van der Waals surface area contributed by atoms with Crippen LogP contribution in [0.2, 0.25) is 0 Å². The van der Waals surface area contributed by atoms with Gasteiger partial charge in [-0.05, 0) is 96.3 Å². The van der Waals surface area contributed by atoms with Gasteiger partial charge < -0.3 is 39.0 Å². The average Bonchev–Trinajstić information content (AvgIpc) is 3.37. The van der Waals surface area contributed by atoms with E-state index in [9.17, 15) is 34.5 Å². The lowest BCUT2D eigenvalue weighted by Gasteiger charge is -2.40. The fraction of sp³-hybridized carbons (Fsp3) is 0.672. The number of allylic oxidation sites excluding steroid dienone is 16. The van der Waals surface area contributed by atoms with Crippen molar-refractivity contribution >= 4 is 23.9 Å². The maximum Gasteiger partial charge on any atom is 0.335 e. The first-order valence-electron chi connectivity index (χ1n) is 28.2. The van der Waals surface area contributed by atoms with Gasteiger partial charge in [-0.15, -0.1) is 0 Å². The predicted octanol–water partition coefficient (Wildman–Crippen LogP) is 14.1. The quantitative estimate of drug-likeness (QED) is 0.0228. The second-order valence-electron chi connectivity index (χ2n) is 18.8. The standard InChI is InChI=1S/C61H98O12/c1-4-7-10-13-16-19-22-24-26-27-29-30-33-35-38-41-44-47-53(62)69-50-52(71-54(63)48-45-42-39-37-34-31-28-25-23-20-17-14-11-8-5-2)51-70-61-59(57(66)56(65)58(73-61)60(67)68)72-55(64)49-46-43-40-36-32-21-18-15-12-9-6-3/h7-8,10-11,16-17,19-20,24-26,28-30,34,37,52,56-59,61,65-66H,4-6,9,12-15,18,21-23,27,31-33,35-36,38-51H2,1-3H3,(H,67,68)/b10-7-,11-8-,19-16-,20-17-,26-24-,28-25-,30-29-,37-34-. The van der Waals surface area contributed by atoms with Gasteiger partial charge in [-0.1, -0.05) is 195 Å². The number of carboxylic acid groups (broad SMARTS) is 1. The molecule has 73 heavy (non-hydrogen) atoms. The molecule has 0 aromatic heterocycles. The van der Waals surface area contributed by atoms with Crippen LogP contribution in [-0.4, -0.2) is 89.2 Å². The number of aliphatic hydroxyl groups excluding tert-OH is 2. The normalized spacial score (nSPS) is 19.1. The Morgan fingerprint density at radius 3 is 1.34 bits per heavy atom. The van der Waals surface area contributed by atoms with Crippen molar-refractivity contribution in [3.05, 3.63) is 97.2 Å². The van der Waals surface area contributed by atoms with Crippen LogP contribution in [0, 0.1) is 0 Å². The molecule has 12 nitrogen and oxygen atoms in total. The molecule has 0 amide bonds. The van der Waals surface area contributed by atoms with Crippen LogP contribution < -0.4 is 0 Å². The van der Waals surface area contributed by atoms with Crippen molar-refractivity contribution in [3.63, 3.8) is 0 Å². The molecule has 1 saturated heterocycles. The number of rotatable bonds is 46. The molecule has 1 rings (SSSR count). The summed E-state index contributed by atoms with van der Waals surface area (Å²) < 4.78 is 28.3. The van der Waals surface area contributed by atoms with Crippen molar-refractivity contribution in [2.24, 2.45) is 0 Å². The third kappa shape index (κ3) is 38.8. The SMILES string of the molecule is CC/C=C\C/C=C\C/C=C\C/C=C\CCCCCCC(=O)OCC(COC1OC(C(=O)O)C(O)C(O)C1OC(=O)CCCCCCCCCCCCC)OC(=O)CCCC/C=C\C/C=C\C/C=C\C/C=C\CC. The predicted molar refractivity (Wildman–Crippen MR) is 294 cm³/mol. The minimum Gasteiger partial charge on any atom is -0.479 e. The third-order valence-corrected chi connectivity index (χ3v) is 12.2. The molecule has 1 fully saturated rings. The lowest BCUT2D eigenvalue weighted by atomic mass is 9.98. The number of ether oxygens (including phenoxy) is 5. The van der Waals surface area contributed by atoms with Crippen LogP contribution in [0.25, 0.3) is 0 Å². The summed E-state index contributed by atoms with van der Waals surface area (Å²) >= 11 is 0. The van der Waals surface area contributed by atoms with Gasteiger partial charge in [-0.2, -0.15) is 0 Å². The first kappa shape index (κ1) is 66.7. The molecule has 0 aromatic carbocycles. The second kappa shape index (κ2) is 48.6. The highest BCUT2D eigenvalue weighted by Crippen LogP contribution is 2.26. The van der Waals surface area contributed by atoms with E-state index < -0.39 is 67.3 Å². The summed E-state index contributed by atoms with van der Waals surface area (Å²) in [5.74, 6) is -3.22. The number of esters is 3. The van der Waals surface area contributed by atoms with Crippen molar-refractivity contribution in [1.29, 1.82) is 0 Å². The highest BCUT2D eigenvalue weighted by atomic mass is 16.7. The molecule has 3 N–H and O–H groups in total. The molecule has 6 unspecified atom stereocenters. The minimum atomic E-state index is -1.91. The molecule has 1 aliphatic rings. The number of carbonyl (C=O) groups is 4. The number of aliphatic hydroxyl groups is 2. The fourth-order valence-electron chi connectivity index (χ4n) is 7.88.